The number of pyridine rings is 1. The Balaban J connectivity index is 2.36. The van der Waals surface area contributed by atoms with Crippen LogP contribution in [0.2, 0.25) is 0 Å². The van der Waals surface area contributed by atoms with Crippen molar-refractivity contribution in [3.05, 3.63) is 29.1 Å². The van der Waals surface area contributed by atoms with Gasteiger partial charge < -0.3 is 0 Å². The van der Waals surface area contributed by atoms with Gasteiger partial charge in [0.2, 0.25) is 11.4 Å². The lowest BCUT2D eigenvalue weighted by Crippen LogP contribution is -2.48. The van der Waals surface area contributed by atoms with Gasteiger partial charge in [-0.3, -0.25) is 4.84 Å². The molecule has 0 N–H and O–H groups in total. The average Bonchev–Trinajstić information content (AvgIpc) is 2.26. The van der Waals surface area contributed by atoms with Crippen LogP contribution in [0.3, 0.4) is 0 Å². The topological polar surface area (TPSA) is 13.1 Å². The molecular weight excluding hydrogens is 210 g/mol. The van der Waals surface area contributed by atoms with E-state index in [2.05, 4.69) is 39.8 Å². The number of aromatic nitrogens is 1. The van der Waals surface area contributed by atoms with Crippen molar-refractivity contribution in [3.8, 4) is 0 Å². The largest absolute Gasteiger partial charge is 0.271 e. The quantitative estimate of drug-likeness (QED) is 0.523. The minimum atomic E-state index is 0.819. The Labute approximate surface area is 106 Å². The Morgan fingerprint density at radius 2 is 1.53 bits per heavy atom. The first-order valence-electron chi connectivity index (χ1n) is 6.78. The van der Waals surface area contributed by atoms with Crippen molar-refractivity contribution in [3.63, 3.8) is 0 Å². The molecule has 0 aliphatic rings. The molecule has 0 aromatic carbocycles. The molecule has 0 saturated heterocycles. The number of aryl methyl sites for hydroxylation is 3. The summed E-state index contributed by atoms with van der Waals surface area (Å²) in [6.45, 7) is 9.37. The number of rotatable bonds is 7. The predicted molar refractivity (Wildman–Crippen MR) is 71.1 cm³/mol. The molecule has 0 atom stereocenters. The van der Waals surface area contributed by atoms with Crippen LogP contribution in [-0.2, 0) is 0 Å². The number of hydrogen-bond acceptors (Lipinski definition) is 1. The Bertz CT molecular complexity index is 324. The van der Waals surface area contributed by atoms with Crippen molar-refractivity contribution in [2.75, 3.05) is 6.61 Å². The second-order valence-corrected chi connectivity index (χ2v) is 4.86. The summed E-state index contributed by atoms with van der Waals surface area (Å²) in [5.41, 5.74) is 3.65. The van der Waals surface area contributed by atoms with E-state index >= 15 is 0 Å². The monoisotopic (exact) mass is 236 g/mol. The minimum absolute atomic E-state index is 0.819. The minimum Gasteiger partial charge on any atom is -0.271 e. The van der Waals surface area contributed by atoms with Crippen molar-refractivity contribution >= 4 is 0 Å². The molecule has 1 heterocycles. The lowest BCUT2D eigenvalue weighted by molar-refractivity contribution is -0.899. The van der Waals surface area contributed by atoms with E-state index in [9.17, 15) is 0 Å². The zero-order chi connectivity index (χ0) is 12.7. The van der Waals surface area contributed by atoms with Crippen LogP contribution in [0.25, 0.3) is 0 Å². The van der Waals surface area contributed by atoms with E-state index in [0.717, 1.165) is 13.0 Å². The molecule has 0 fully saturated rings. The summed E-state index contributed by atoms with van der Waals surface area (Å²) in [4.78, 5) is 5.82. The fourth-order valence-corrected chi connectivity index (χ4v) is 2.16. The SMILES string of the molecule is CCCCCCCO[n+]1c(C)cc(C)cc1C. The van der Waals surface area contributed by atoms with Crippen LogP contribution in [0.5, 0.6) is 0 Å². The standard InChI is InChI=1S/C15H26NO/c1-5-6-7-8-9-10-17-16-14(3)11-13(2)12-15(16)4/h11-12H,5-10H2,1-4H3/q+1. The third-order valence-corrected chi connectivity index (χ3v) is 2.98. The smallest absolute Gasteiger partial charge is 0.231 e. The van der Waals surface area contributed by atoms with E-state index < -0.39 is 0 Å². The summed E-state index contributed by atoms with van der Waals surface area (Å²) >= 11 is 0. The number of hydrogen-bond donors (Lipinski definition) is 0. The highest BCUT2D eigenvalue weighted by atomic mass is 16.7. The molecule has 17 heavy (non-hydrogen) atoms. The summed E-state index contributed by atoms with van der Waals surface area (Å²) in [5, 5.41) is 0. The molecule has 0 radical (unpaired) electrons. The second kappa shape index (κ2) is 7.31. The van der Waals surface area contributed by atoms with Gasteiger partial charge in [0.15, 0.2) is 6.61 Å². The highest BCUT2D eigenvalue weighted by molar-refractivity contribution is 5.13. The first-order valence-corrected chi connectivity index (χ1v) is 6.78. The van der Waals surface area contributed by atoms with Gasteiger partial charge in [-0.1, -0.05) is 26.2 Å². The summed E-state index contributed by atoms with van der Waals surface area (Å²) in [6, 6.07) is 4.31. The molecule has 0 aliphatic heterocycles. The fraction of sp³-hybridized carbons (Fsp3) is 0.667. The predicted octanol–water partition coefficient (Wildman–Crippen LogP) is 3.30. The van der Waals surface area contributed by atoms with Crippen LogP contribution in [0.15, 0.2) is 12.1 Å². The Morgan fingerprint density at radius 1 is 0.941 bits per heavy atom. The highest BCUT2D eigenvalue weighted by Crippen LogP contribution is 2.03. The lowest BCUT2D eigenvalue weighted by Gasteiger charge is -2.04. The molecule has 0 bridgehead atoms. The number of unbranched alkanes of at least 4 members (excludes halogenated alkanes) is 4. The van der Waals surface area contributed by atoms with Crippen molar-refractivity contribution in [1.29, 1.82) is 0 Å². The number of nitrogens with zero attached hydrogens (tertiary/aromatic N) is 1. The fourth-order valence-electron chi connectivity index (χ4n) is 2.16. The summed E-state index contributed by atoms with van der Waals surface area (Å²) in [6.07, 6.45) is 6.40. The van der Waals surface area contributed by atoms with Crippen molar-refractivity contribution in [1.82, 2.24) is 0 Å². The maximum atomic E-state index is 5.82. The van der Waals surface area contributed by atoms with E-state index in [4.69, 9.17) is 4.84 Å². The van der Waals surface area contributed by atoms with Gasteiger partial charge in [0.05, 0.1) is 0 Å². The van der Waals surface area contributed by atoms with Gasteiger partial charge in [-0.25, -0.2) is 0 Å². The van der Waals surface area contributed by atoms with Crippen LogP contribution < -0.4 is 9.57 Å². The lowest BCUT2D eigenvalue weighted by atomic mass is 10.2. The third-order valence-electron chi connectivity index (χ3n) is 2.98. The van der Waals surface area contributed by atoms with Crippen LogP contribution in [0.1, 0.15) is 56.0 Å². The zero-order valence-corrected chi connectivity index (χ0v) is 11.8. The second-order valence-electron chi connectivity index (χ2n) is 4.86. The summed E-state index contributed by atoms with van der Waals surface area (Å²) in [5.74, 6) is 0. The van der Waals surface area contributed by atoms with Crippen molar-refractivity contribution in [2.24, 2.45) is 0 Å². The molecule has 2 heteroatoms. The van der Waals surface area contributed by atoms with Crippen LogP contribution in [0, 0.1) is 20.8 Å². The normalized spacial score (nSPS) is 10.6. The van der Waals surface area contributed by atoms with Crippen LogP contribution in [0.4, 0.5) is 0 Å². The Kier molecular flexibility index (Phi) is 6.03. The molecule has 0 amide bonds. The first-order chi connectivity index (χ1) is 8.15. The molecule has 1 aromatic rings. The molecule has 1 rings (SSSR count). The summed E-state index contributed by atoms with van der Waals surface area (Å²) in [7, 11) is 0. The summed E-state index contributed by atoms with van der Waals surface area (Å²) < 4.78 is 1.95. The van der Waals surface area contributed by atoms with E-state index in [-0.39, 0.29) is 0 Å². The van der Waals surface area contributed by atoms with Gasteiger partial charge in [0, 0.05) is 30.7 Å². The maximum absolute atomic E-state index is 5.82. The van der Waals surface area contributed by atoms with Gasteiger partial charge in [-0.2, -0.15) is 0 Å². The molecule has 1 aromatic heterocycles. The first kappa shape index (κ1) is 14.0. The van der Waals surface area contributed by atoms with Gasteiger partial charge in [0.1, 0.15) is 0 Å². The van der Waals surface area contributed by atoms with E-state index in [1.165, 1.54) is 42.6 Å². The van der Waals surface area contributed by atoms with Gasteiger partial charge in [-0.15, -0.1) is 0 Å². The molecule has 0 unspecified atom stereocenters. The Morgan fingerprint density at radius 3 is 2.12 bits per heavy atom. The van der Waals surface area contributed by atoms with Gasteiger partial charge >= 0.3 is 0 Å². The molecule has 0 spiro atoms. The molecule has 0 aliphatic carbocycles. The average molecular weight is 236 g/mol. The molecule has 2 nitrogen and oxygen atoms in total. The van der Waals surface area contributed by atoms with E-state index in [0.29, 0.717) is 0 Å². The third kappa shape index (κ3) is 4.76. The van der Waals surface area contributed by atoms with Gasteiger partial charge in [0.25, 0.3) is 0 Å². The van der Waals surface area contributed by atoms with Crippen LogP contribution >= 0.6 is 0 Å². The maximum Gasteiger partial charge on any atom is 0.231 e. The van der Waals surface area contributed by atoms with Gasteiger partial charge in [-0.05, 0) is 25.3 Å². The Hall–Kier alpha value is -1.05. The molecule has 0 saturated carbocycles. The van der Waals surface area contributed by atoms with Crippen molar-refractivity contribution in [2.45, 2.75) is 59.8 Å². The van der Waals surface area contributed by atoms with E-state index in [1.54, 1.807) is 0 Å². The van der Waals surface area contributed by atoms with Crippen LogP contribution in [-0.4, -0.2) is 6.61 Å². The highest BCUT2D eigenvalue weighted by Gasteiger charge is 2.12. The molecular formula is C15H26NO+. The molecule has 96 valence electrons. The van der Waals surface area contributed by atoms with Crippen molar-refractivity contribution < 1.29 is 9.57 Å². The van der Waals surface area contributed by atoms with E-state index in [1.807, 2.05) is 4.73 Å². The zero-order valence-electron chi connectivity index (χ0n) is 11.8.